The molecular weight excluding hydrogens is 200 g/mol. The first-order chi connectivity index (χ1) is 6.97. The van der Waals surface area contributed by atoms with Crippen molar-refractivity contribution in [2.24, 2.45) is 5.92 Å². The second kappa shape index (κ2) is 5.41. The molecule has 1 saturated carbocycles. The number of allylic oxidation sites excluding steroid dienone is 2. The third-order valence-corrected chi connectivity index (χ3v) is 3.04. The summed E-state index contributed by atoms with van der Waals surface area (Å²) in [5, 5.41) is 0. The van der Waals surface area contributed by atoms with Gasteiger partial charge < -0.3 is 4.74 Å². The van der Waals surface area contributed by atoms with Gasteiger partial charge in [0.25, 0.3) is 0 Å². The molecule has 0 spiro atoms. The maximum absolute atomic E-state index is 5.58. The monoisotopic (exact) mass is 222 g/mol. The van der Waals surface area contributed by atoms with Crippen LogP contribution < -0.4 is 0 Å². The average molecular weight is 222 g/mol. The summed E-state index contributed by atoms with van der Waals surface area (Å²) in [5.41, 5.74) is 3.34. The fraction of sp³-hybridized carbons (Fsp3) is 0.692. The lowest BCUT2D eigenvalue weighted by Crippen LogP contribution is -2.16. The van der Waals surface area contributed by atoms with Crippen LogP contribution in [-0.2, 0) is 4.74 Å². The fourth-order valence-corrected chi connectivity index (χ4v) is 1.89. The molecule has 84 valence electrons. The Kier molecular flexibility index (Phi) is 4.47. The highest BCUT2D eigenvalue weighted by atomic mass is 28.3. The van der Waals surface area contributed by atoms with Gasteiger partial charge >= 0.3 is 0 Å². The number of rotatable bonds is 4. The van der Waals surface area contributed by atoms with E-state index in [9.17, 15) is 0 Å². The van der Waals surface area contributed by atoms with Crippen molar-refractivity contribution in [2.75, 3.05) is 6.61 Å². The van der Waals surface area contributed by atoms with Crippen LogP contribution >= 0.6 is 0 Å². The quantitative estimate of drug-likeness (QED) is 0.306. The maximum atomic E-state index is 5.58. The van der Waals surface area contributed by atoms with Crippen molar-refractivity contribution in [1.29, 1.82) is 0 Å². The Balaban J connectivity index is 2.12. The first-order valence-corrected chi connectivity index (χ1v) is 9.28. The van der Waals surface area contributed by atoms with Crippen LogP contribution in [-0.4, -0.2) is 14.7 Å². The third-order valence-electron chi connectivity index (χ3n) is 2.11. The van der Waals surface area contributed by atoms with Gasteiger partial charge in [-0.05, 0) is 31.8 Å². The van der Waals surface area contributed by atoms with Crippen molar-refractivity contribution in [2.45, 2.75) is 45.8 Å². The molecule has 0 saturated heterocycles. The van der Waals surface area contributed by atoms with E-state index in [0.717, 1.165) is 24.7 Å². The van der Waals surface area contributed by atoms with Gasteiger partial charge in [0, 0.05) is 6.42 Å². The van der Waals surface area contributed by atoms with E-state index in [4.69, 9.17) is 4.74 Å². The van der Waals surface area contributed by atoms with Crippen LogP contribution in [0.5, 0.6) is 0 Å². The molecule has 1 rings (SSSR count). The SMILES string of the molecule is C/C(=C\C1CC1)OCCC#C[Si](C)(C)C. The molecule has 0 aromatic heterocycles. The van der Waals surface area contributed by atoms with E-state index >= 15 is 0 Å². The van der Waals surface area contributed by atoms with E-state index in [1.165, 1.54) is 12.8 Å². The molecule has 0 radical (unpaired) electrons. The van der Waals surface area contributed by atoms with Gasteiger partial charge in [0.05, 0.1) is 12.4 Å². The van der Waals surface area contributed by atoms with Crippen LogP contribution in [0.4, 0.5) is 0 Å². The Morgan fingerprint density at radius 3 is 2.60 bits per heavy atom. The van der Waals surface area contributed by atoms with Gasteiger partial charge in [-0.15, -0.1) is 11.5 Å². The molecular formula is C13H22OSi. The van der Waals surface area contributed by atoms with Crippen molar-refractivity contribution in [3.05, 3.63) is 11.8 Å². The fourth-order valence-electron chi connectivity index (χ4n) is 1.23. The molecule has 0 heterocycles. The van der Waals surface area contributed by atoms with Gasteiger partial charge in [0.2, 0.25) is 0 Å². The third kappa shape index (κ3) is 7.27. The Labute approximate surface area is 94.9 Å². The predicted molar refractivity (Wildman–Crippen MR) is 68.2 cm³/mol. The van der Waals surface area contributed by atoms with Crippen LogP contribution in [0.1, 0.15) is 26.2 Å². The van der Waals surface area contributed by atoms with Crippen LogP contribution in [0, 0.1) is 17.4 Å². The molecule has 0 unspecified atom stereocenters. The summed E-state index contributed by atoms with van der Waals surface area (Å²) in [6.07, 6.45) is 5.79. The molecule has 0 atom stereocenters. The summed E-state index contributed by atoms with van der Waals surface area (Å²) < 4.78 is 5.58. The van der Waals surface area contributed by atoms with E-state index in [-0.39, 0.29) is 0 Å². The molecule has 1 aliphatic carbocycles. The van der Waals surface area contributed by atoms with Gasteiger partial charge in [-0.1, -0.05) is 19.6 Å². The highest BCUT2D eigenvalue weighted by Crippen LogP contribution is 2.31. The number of hydrogen-bond donors (Lipinski definition) is 0. The topological polar surface area (TPSA) is 9.23 Å². The predicted octanol–water partition coefficient (Wildman–Crippen LogP) is 3.59. The first kappa shape index (κ1) is 12.4. The average Bonchev–Trinajstić information content (AvgIpc) is 2.85. The summed E-state index contributed by atoms with van der Waals surface area (Å²) >= 11 is 0. The van der Waals surface area contributed by atoms with Gasteiger partial charge in [-0.3, -0.25) is 0 Å². The second-order valence-electron chi connectivity index (χ2n) is 5.26. The zero-order chi connectivity index (χ0) is 11.3. The smallest absolute Gasteiger partial charge is 0.129 e. The lowest BCUT2D eigenvalue weighted by molar-refractivity contribution is 0.220. The molecule has 1 aliphatic rings. The van der Waals surface area contributed by atoms with Gasteiger partial charge in [-0.25, -0.2) is 0 Å². The van der Waals surface area contributed by atoms with Crippen LogP contribution in [0.25, 0.3) is 0 Å². The molecule has 1 nitrogen and oxygen atoms in total. The molecule has 0 bridgehead atoms. The van der Waals surface area contributed by atoms with Crippen LogP contribution in [0.2, 0.25) is 19.6 Å². The normalized spacial score (nSPS) is 16.9. The van der Waals surface area contributed by atoms with Gasteiger partial charge in [0.15, 0.2) is 0 Å². The first-order valence-electron chi connectivity index (χ1n) is 5.78. The highest BCUT2D eigenvalue weighted by molar-refractivity contribution is 6.83. The zero-order valence-corrected chi connectivity index (χ0v) is 11.4. The van der Waals surface area contributed by atoms with Crippen molar-refractivity contribution in [3.63, 3.8) is 0 Å². The zero-order valence-electron chi connectivity index (χ0n) is 10.4. The minimum Gasteiger partial charge on any atom is -0.498 e. The molecule has 0 aromatic rings. The maximum Gasteiger partial charge on any atom is 0.129 e. The van der Waals surface area contributed by atoms with E-state index < -0.39 is 8.07 Å². The van der Waals surface area contributed by atoms with E-state index in [0.29, 0.717) is 0 Å². The largest absolute Gasteiger partial charge is 0.498 e. The molecule has 2 heteroatoms. The molecule has 1 fully saturated rings. The Morgan fingerprint density at radius 2 is 2.07 bits per heavy atom. The Morgan fingerprint density at radius 1 is 1.40 bits per heavy atom. The Hall–Kier alpha value is -0.683. The summed E-state index contributed by atoms with van der Waals surface area (Å²) in [4.78, 5) is 0. The number of hydrogen-bond acceptors (Lipinski definition) is 1. The van der Waals surface area contributed by atoms with Crippen molar-refractivity contribution >= 4 is 8.07 Å². The van der Waals surface area contributed by atoms with Gasteiger partial charge in [0.1, 0.15) is 8.07 Å². The highest BCUT2D eigenvalue weighted by Gasteiger charge is 2.18. The molecule has 15 heavy (non-hydrogen) atoms. The summed E-state index contributed by atoms with van der Waals surface area (Å²) in [7, 11) is -1.18. The van der Waals surface area contributed by atoms with Crippen molar-refractivity contribution in [3.8, 4) is 11.5 Å². The minimum absolute atomic E-state index is 0.743. The second-order valence-corrected chi connectivity index (χ2v) is 10.0. The molecule has 0 N–H and O–H groups in total. The lowest BCUT2D eigenvalue weighted by atomic mass is 10.3. The molecule has 0 amide bonds. The van der Waals surface area contributed by atoms with E-state index in [1.54, 1.807) is 0 Å². The van der Waals surface area contributed by atoms with Crippen LogP contribution in [0.3, 0.4) is 0 Å². The van der Waals surface area contributed by atoms with Crippen molar-refractivity contribution < 1.29 is 4.74 Å². The number of ether oxygens (including phenoxy) is 1. The summed E-state index contributed by atoms with van der Waals surface area (Å²) in [6.45, 7) is 9.58. The molecule has 0 aromatic carbocycles. The van der Waals surface area contributed by atoms with Crippen molar-refractivity contribution in [1.82, 2.24) is 0 Å². The molecule has 0 aliphatic heterocycles. The summed E-state index contributed by atoms with van der Waals surface area (Å²) in [5.74, 6) is 5.09. The standard InChI is InChI=1S/C13H22OSi/c1-12(11-13-7-8-13)14-9-5-6-10-15(2,3)4/h11,13H,5,7-9H2,1-4H3/b12-11+. The summed E-state index contributed by atoms with van der Waals surface area (Å²) in [6, 6.07) is 0. The lowest BCUT2D eigenvalue weighted by Gasteiger charge is -2.05. The minimum atomic E-state index is -1.18. The van der Waals surface area contributed by atoms with Gasteiger partial charge in [-0.2, -0.15) is 0 Å². The van der Waals surface area contributed by atoms with Crippen LogP contribution in [0.15, 0.2) is 11.8 Å². The van der Waals surface area contributed by atoms with E-state index in [1.807, 2.05) is 6.92 Å². The van der Waals surface area contributed by atoms with E-state index in [2.05, 4.69) is 37.2 Å². The Bertz CT molecular complexity index is 284.